The zero-order valence-electron chi connectivity index (χ0n) is 12.1. The van der Waals surface area contributed by atoms with E-state index in [0.29, 0.717) is 6.42 Å². The summed E-state index contributed by atoms with van der Waals surface area (Å²) in [4.78, 5) is 11.1. The largest absolute Gasteiger partial charge is 0.457 e. The van der Waals surface area contributed by atoms with E-state index in [2.05, 4.69) is 10.6 Å². The Balaban J connectivity index is 1.78. The summed E-state index contributed by atoms with van der Waals surface area (Å²) in [5.41, 5.74) is 1.02. The SMILES string of the molecule is CNC(=O)CCCNc1ccc(Oc2ccccc2)cc1. The quantitative estimate of drug-likeness (QED) is 0.766. The average Bonchev–Trinajstić information content (AvgIpc) is 2.54. The summed E-state index contributed by atoms with van der Waals surface area (Å²) in [6.45, 7) is 0.770. The van der Waals surface area contributed by atoms with E-state index in [1.165, 1.54) is 0 Å². The predicted molar refractivity (Wildman–Crippen MR) is 84.7 cm³/mol. The second-order valence-corrected chi connectivity index (χ2v) is 4.64. The molecule has 1 amide bonds. The molecule has 2 aromatic carbocycles. The van der Waals surface area contributed by atoms with Gasteiger partial charge in [-0.3, -0.25) is 4.79 Å². The zero-order valence-corrected chi connectivity index (χ0v) is 12.1. The van der Waals surface area contributed by atoms with Crippen molar-refractivity contribution in [1.82, 2.24) is 5.32 Å². The standard InChI is InChI=1S/C17H20N2O2/c1-18-17(20)8-5-13-19-14-9-11-16(12-10-14)21-15-6-3-2-4-7-15/h2-4,6-7,9-12,19H,5,8,13H2,1H3,(H,18,20). The highest BCUT2D eigenvalue weighted by Crippen LogP contribution is 2.22. The lowest BCUT2D eigenvalue weighted by molar-refractivity contribution is -0.120. The normalized spacial score (nSPS) is 9.95. The molecule has 0 heterocycles. The summed E-state index contributed by atoms with van der Waals surface area (Å²) >= 11 is 0. The summed E-state index contributed by atoms with van der Waals surface area (Å²) < 4.78 is 5.72. The first-order chi connectivity index (χ1) is 10.3. The topological polar surface area (TPSA) is 50.4 Å². The molecule has 0 spiro atoms. The molecule has 4 heteroatoms. The highest BCUT2D eigenvalue weighted by Gasteiger charge is 1.99. The molecular weight excluding hydrogens is 264 g/mol. The van der Waals surface area contributed by atoms with Gasteiger partial charge in [0.05, 0.1) is 0 Å². The van der Waals surface area contributed by atoms with Crippen LogP contribution in [-0.4, -0.2) is 19.5 Å². The molecule has 2 rings (SSSR count). The van der Waals surface area contributed by atoms with Crippen LogP contribution in [0.15, 0.2) is 54.6 Å². The van der Waals surface area contributed by atoms with E-state index in [-0.39, 0.29) is 5.91 Å². The first kappa shape index (κ1) is 14.9. The average molecular weight is 284 g/mol. The van der Waals surface area contributed by atoms with E-state index < -0.39 is 0 Å². The monoisotopic (exact) mass is 284 g/mol. The Bertz CT molecular complexity index is 553. The summed E-state index contributed by atoms with van der Waals surface area (Å²) in [7, 11) is 1.65. The molecule has 4 nitrogen and oxygen atoms in total. The minimum Gasteiger partial charge on any atom is -0.457 e. The number of anilines is 1. The van der Waals surface area contributed by atoms with Crippen LogP contribution in [0.3, 0.4) is 0 Å². The fourth-order valence-corrected chi connectivity index (χ4v) is 1.87. The van der Waals surface area contributed by atoms with Gasteiger partial charge in [0.2, 0.25) is 5.91 Å². The number of hydrogen-bond donors (Lipinski definition) is 2. The Morgan fingerprint density at radius 2 is 1.67 bits per heavy atom. The number of ether oxygens (including phenoxy) is 1. The maximum absolute atomic E-state index is 11.1. The first-order valence-electron chi connectivity index (χ1n) is 7.05. The van der Waals surface area contributed by atoms with Crippen molar-refractivity contribution in [3.05, 3.63) is 54.6 Å². The predicted octanol–water partition coefficient (Wildman–Crippen LogP) is 3.42. The molecule has 0 bridgehead atoms. The van der Waals surface area contributed by atoms with Crippen molar-refractivity contribution in [2.75, 3.05) is 18.9 Å². The van der Waals surface area contributed by atoms with E-state index in [1.54, 1.807) is 7.05 Å². The van der Waals surface area contributed by atoms with Crippen molar-refractivity contribution in [3.8, 4) is 11.5 Å². The number of carbonyl (C=O) groups excluding carboxylic acids is 1. The van der Waals surface area contributed by atoms with Crippen molar-refractivity contribution in [2.24, 2.45) is 0 Å². The fourth-order valence-electron chi connectivity index (χ4n) is 1.87. The third kappa shape index (κ3) is 5.18. The van der Waals surface area contributed by atoms with Gasteiger partial charge in [-0.15, -0.1) is 0 Å². The van der Waals surface area contributed by atoms with E-state index in [0.717, 1.165) is 30.2 Å². The van der Waals surface area contributed by atoms with Crippen LogP contribution in [0.5, 0.6) is 11.5 Å². The van der Waals surface area contributed by atoms with Gasteiger partial charge in [0.25, 0.3) is 0 Å². The zero-order chi connectivity index (χ0) is 14.9. The molecule has 0 atom stereocenters. The number of benzene rings is 2. The molecule has 0 aliphatic rings. The molecular formula is C17H20N2O2. The van der Waals surface area contributed by atoms with Crippen LogP contribution in [0.4, 0.5) is 5.69 Å². The number of carbonyl (C=O) groups is 1. The molecule has 0 saturated heterocycles. The Kier molecular flexibility index (Phi) is 5.64. The van der Waals surface area contributed by atoms with Crippen LogP contribution in [0, 0.1) is 0 Å². The summed E-state index contributed by atoms with van der Waals surface area (Å²) in [5, 5.41) is 5.89. The van der Waals surface area contributed by atoms with Crippen molar-refractivity contribution in [1.29, 1.82) is 0 Å². The van der Waals surface area contributed by atoms with Gasteiger partial charge in [-0.05, 0) is 42.8 Å². The molecule has 0 fully saturated rings. The van der Waals surface area contributed by atoms with E-state index in [1.807, 2.05) is 54.6 Å². The number of para-hydroxylation sites is 1. The van der Waals surface area contributed by atoms with Gasteiger partial charge >= 0.3 is 0 Å². The van der Waals surface area contributed by atoms with Gasteiger partial charge in [-0.1, -0.05) is 18.2 Å². The number of nitrogens with one attached hydrogen (secondary N) is 2. The van der Waals surface area contributed by atoms with Gasteiger partial charge in [-0.2, -0.15) is 0 Å². The number of amides is 1. The Labute approximate surface area is 125 Å². The third-order valence-corrected chi connectivity index (χ3v) is 3.02. The van der Waals surface area contributed by atoms with E-state index >= 15 is 0 Å². The van der Waals surface area contributed by atoms with Crippen LogP contribution in [0.2, 0.25) is 0 Å². The van der Waals surface area contributed by atoms with Gasteiger partial charge in [0, 0.05) is 25.7 Å². The van der Waals surface area contributed by atoms with Crippen LogP contribution in [0.1, 0.15) is 12.8 Å². The highest BCUT2D eigenvalue weighted by molar-refractivity contribution is 5.75. The number of rotatable bonds is 7. The molecule has 21 heavy (non-hydrogen) atoms. The molecule has 0 saturated carbocycles. The lowest BCUT2D eigenvalue weighted by atomic mass is 10.2. The van der Waals surface area contributed by atoms with E-state index in [4.69, 9.17) is 4.74 Å². The summed E-state index contributed by atoms with van der Waals surface area (Å²) in [6, 6.07) is 17.5. The molecule has 2 aromatic rings. The lowest BCUT2D eigenvalue weighted by Gasteiger charge is -2.08. The molecule has 0 aliphatic carbocycles. The van der Waals surface area contributed by atoms with Gasteiger partial charge in [0.1, 0.15) is 11.5 Å². The Hall–Kier alpha value is -2.49. The molecule has 0 aliphatic heterocycles. The van der Waals surface area contributed by atoms with Crippen LogP contribution < -0.4 is 15.4 Å². The van der Waals surface area contributed by atoms with Gasteiger partial charge < -0.3 is 15.4 Å². The van der Waals surface area contributed by atoms with Crippen molar-refractivity contribution >= 4 is 11.6 Å². The number of hydrogen-bond acceptors (Lipinski definition) is 3. The first-order valence-corrected chi connectivity index (χ1v) is 7.05. The fraction of sp³-hybridized carbons (Fsp3) is 0.235. The molecule has 0 aromatic heterocycles. The van der Waals surface area contributed by atoms with Crippen molar-refractivity contribution in [3.63, 3.8) is 0 Å². The van der Waals surface area contributed by atoms with Gasteiger partial charge in [0.15, 0.2) is 0 Å². The van der Waals surface area contributed by atoms with Gasteiger partial charge in [-0.25, -0.2) is 0 Å². The van der Waals surface area contributed by atoms with Crippen LogP contribution >= 0.6 is 0 Å². The highest BCUT2D eigenvalue weighted by atomic mass is 16.5. The second kappa shape index (κ2) is 7.94. The molecule has 0 radical (unpaired) electrons. The maximum atomic E-state index is 11.1. The minimum absolute atomic E-state index is 0.0726. The maximum Gasteiger partial charge on any atom is 0.219 e. The Morgan fingerprint density at radius 1 is 1.00 bits per heavy atom. The van der Waals surface area contributed by atoms with E-state index in [9.17, 15) is 4.79 Å². The smallest absolute Gasteiger partial charge is 0.219 e. The lowest BCUT2D eigenvalue weighted by Crippen LogP contribution is -2.18. The van der Waals surface area contributed by atoms with Crippen LogP contribution in [-0.2, 0) is 4.79 Å². The molecule has 110 valence electrons. The second-order valence-electron chi connectivity index (χ2n) is 4.64. The minimum atomic E-state index is 0.0726. The van der Waals surface area contributed by atoms with Crippen molar-refractivity contribution in [2.45, 2.75) is 12.8 Å². The summed E-state index contributed by atoms with van der Waals surface area (Å²) in [6.07, 6.45) is 1.35. The summed E-state index contributed by atoms with van der Waals surface area (Å²) in [5.74, 6) is 1.70. The third-order valence-electron chi connectivity index (χ3n) is 3.02. The Morgan fingerprint density at radius 3 is 2.33 bits per heavy atom. The van der Waals surface area contributed by atoms with Crippen LogP contribution in [0.25, 0.3) is 0 Å². The van der Waals surface area contributed by atoms with Crippen molar-refractivity contribution < 1.29 is 9.53 Å². The molecule has 0 unspecified atom stereocenters. The molecule has 2 N–H and O–H groups in total.